The van der Waals surface area contributed by atoms with Crippen LogP contribution < -0.4 is 5.32 Å². The molecule has 0 fully saturated rings. The molecule has 0 aliphatic heterocycles. The third-order valence-electron chi connectivity index (χ3n) is 4.09. The molecule has 20 heavy (non-hydrogen) atoms. The van der Waals surface area contributed by atoms with E-state index in [4.69, 9.17) is 0 Å². The van der Waals surface area contributed by atoms with E-state index < -0.39 is 0 Å². The molecule has 1 atom stereocenters. The number of hydrogen-bond acceptors (Lipinski definition) is 3. The summed E-state index contributed by atoms with van der Waals surface area (Å²) in [6, 6.07) is 8.51. The Morgan fingerprint density at radius 3 is 2.95 bits per heavy atom. The summed E-state index contributed by atoms with van der Waals surface area (Å²) in [7, 11) is 0. The van der Waals surface area contributed by atoms with Crippen LogP contribution in [0.15, 0.2) is 35.2 Å². The van der Waals surface area contributed by atoms with E-state index in [0.717, 1.165) is 12.8 Å². The molecule has 1 aromatic carbocycles. The van der Waals surface area contributed by atoms with Crippen LogP contribution in [0.25, 0.3) is 0 Å². The number of carbonyl (C=O) groups excluding carboxylic acids is 1. The Morgan fingerprint density at radius 2 is 2.20 bits per heavy atom. The van der Waals surface area contributed by atoms with Gasteiger partial charge in [-0.15, -0.1) is 11.3 Å². The molecule has 104 valence electrons. The highest BCUT2D eigenvalue weighted by molar-refractivity contribution is 7.07. The average molecular weight is 286 g/mol. The smallest absolute Gasteiger partial charge is 0.271 e. The van der Waals surface area contributed by atoms with Crippen molar-refractivity contribution in [2.45, 2.75) is 38.1 Å². The van der Waals surface area contributed by atoms with Crippen LogP contribution in [-0.2, 0) is 5.41 Å². The van der Waals surface area contributed by atoms with Crippen LogP contribution in [0, 0.1) is 0 Å². The van der Waals surface area contributed by atoms with Crippen LogP contribution in [0.3, 0.4) is 0 Å². The van der Waals surface area contributed by atoms with Crippen LogP contribution in [0.5, 0.6) is 0 Å². The number of thiazole rings is 1. The lowest BCUT2D eigenvalue weighted by molar-refractivity contribution is 0.0925. The topological polar surface area (TPSA) is 42.0 Å². The second-order valence-corrected chi connectivity index (χ2v) is 6.63. The number of rotatable bonds is 2. The molecule has 1 aliphatic carbocycles. The number of nitrogens with zero attached hydrogens (tertiary/aromatic N) is 1. The van der Waals surface area contributed by atoms with E-state index >= 15 is 0 Å². The number of nitrogens with one attached hydrogen (secondary N) is 1. The van der Waals surface area contributed by atoms with Gasteiger partial charge in [-0.2, -0.15) is 0 Å². The van der Waals surface area contributed by atoms with Crippen molar-refractivity contribution in [2.75, 3.05) is 0 Å². The summed E-state index contributed by atoms with van der Waals surface area (Å²) in [5.74, 6) is -0.0780. The minimum Gasteiger partial charge on any atom is -0.344 e. The lowest BCUT2D eigenvalue weighted by Crippen LogP contribution is -2.35. The van der Waals surface area contributed by atoms with Crippen molar-refractivity contribution in [3.63, 3.8) is 0 Å². The summed E-state index contributed by atoms with van der Waals surface area (Å²) in [5, 5.41) is 4.91. The Hall–Kier alpha value is -1.68. The predicted octanol–water partition coefficient (Wildman–Crippen LogP) is 3.69. The largest absolute Gasteiger partial charge is 0.344 e. The zero-order chi connectivity index (χ0) is 14.2. The standard InChI is InChI=1S/C16H18N2OS/c1-16(2)8-7-13(11-5-3-4-6-12(11)16)18-15(19)14-9-20-10-17-14/h3-6,9-10,13H,7-8H2,1-2H3,(H,18,19)/t13-/m0/s1. The molecule has 1 amide bonds. The van der Waals surface area contributed by atoms with Crippen molar-refractivity contribution >= 4 is 17.2 Å². The van der Waals surface area contributed by atoms with Gasteiger partial charge in [0, 0.05) is 5.38 Å². The Bertz CT molecular complexity index is 619. The quantitative estimate of drug-likeness (QED) is 0.915. The van der Waals surface area contributed by atoms with Crippen LogP contribution >= 0.6 is 11.3 Å². The normalized spacial score (nSPS) is 20.2. The fourth-order valence-electron chi connectivity index (χ4n) is 2.92. The lowest BCUT2D eigenvalue weighted by Gasteiger charge is -2.37. The zero-order valence-electron chi connectivity index (χ0n) is 11.7. The van der Waals surface area contributed by atoms with Gasteiger partial charge in [-0.3, -0.25) is 4.79 Å². The summed E-state index contributed by atoms with van der Waals surface area (Å²) < 4.78 is 0. The maximum absolute atomic E-state index is 12.2. The van der Waals surface area contributed by atoms with Gasteiger partial charge in [0.1, 0.15) is 5.69 Å². The van der Waals surface area contributed by atoms with E-state index in [1.54, 1.807) is 10.9 Å². The first-order valence-electron chi connectivity index (χ1n) is 6.86. The molecule has 0 saturated heterocycles. The lowest BCUT2D eigenvalue weighted by atomic mass is 9.71. The van der Waals surface area contributed by atoms with Gasteiger partial charge in [0.25, 0.3) is 5.91 Å². The van der Waals surface area contributed by atoms with Crippen LogP contribution in [0.1, 0.15) is 54.3 Å². The first kappa shape index (κ1) is 13.3. The van der Waals surface area contributed by atoms with Crippen molar-refractivity contribution in [1.29, 1.82) is 0 Å². The molecule has 1 heterocycles. The summed E-state index contributed by atoms with van der Waals surface area (Å²) in [6.07, 6.45) is 2.05. The summed E-state index contributed by atoms with van der Waals surface area (Å²) in [4.78, 5) is 16.3. The molecule has 3 nitrogen and oxygen atoms in total. The van der Waals surface area contributed by atoms with Crippen LogP contribution in [-0.4, -0.2) is 10.9 Å². The third kappa shape index (κ3) is 2.36. The number of hydrogen-bond donors (Lipinski definition) is 1. The molecule has 1 aromatic heterocycles. The molecule has 0 spiro atoms. The van der Waals surface area contributed by atoms with Crippen LogP contribution in [0.2, 0.25) is 0 Å². The second-order valence-electron chi connectivity index (χ2n) is 5.91. The first-order valence-corrected chi connectivity index (χ1v) is 7.81. The maximum Gasteiger partial charge on any atom is 0.271 e. The molecule has 0 radical (unpaired) electrons. The molecule has 1 aliphatic rings. The van der Waals surface area contributed by atoms with E-state index in [-0.39, 0.29) is 17.4 Å². The first-order chi connectivity index (χ1) is 9.58. The molecule has 1 N–H and O–H groups in total. The second kappa shape index (κ2) is 5.02. The number of fused-ring (bicyclic) bond motifs is 1. The van der Waals surface area contributed by atoms with Gasteiger partial charge in [-0.1, -0.05) is 38.1 Å². The molecular weight excluding hydrogens is 268 g/mol. The Balaban J connectivity index is 1.87. The van der Waals surface area contributed by atoms with E-state index in [1.165, 1.54) is 22.5 Å². The molecule has 4 heteroatoms. The number of aromatic nitrogens is 1. The average Bonchev–Trinajstić information content (AvgIpc) is 2.96. The molecule has 3 rings (SSSR count). The van der Waals surface area contributed by atoms with Crippen molar-refractivity contribution in [1.82, 2.24) is 10.3 Å². The van der Waals surface area contributed by atoms with Crippen molar-refractivity contribution in [3.8, 4) is 0 Å². The van der Waals surface area contributed by atoms with Crippen molar-refractivity contribution < 1.29 is 4.79 Å². The van der Waals surface area contributed by atoms with Crippen molar-refractivity contribution in [2.24, 2.45) is 0 Å². The highest BCUT2D eigenvalue weighted by Gasteiger charge is 2.33. The number of benzene rings is 1. The van der Waals surface area contributed by atoms with Gasteiger partial charge in [0.2, 0.25) is 0 Å². The minimum atomic E-state index is -0.0780. The van der Waals surface area contributed by atoms with Gasteiger partial charge < -0.3 is 5.32 Å². The summed E-state index contributed by atoms with van der Waals surface area (Å²) in [5.41, 5.74) is 4.96. The molecular formula is C16H18N2OS. The van der Waals surface area contributed by atoms with Crippen molar-refractivity contribution in [3.05, 3.63) is 52.0 Å². The molecule has 0 saturated carbocycles. The predicted molar refractivity (Wildman–Crippen MR) is 81.0 cm³/mol. The van der Waals surface area contributed by atoms with E-state index in [0.29, 0.717) is 5.69 Å². The Labute approximate surface area is 123 Å². The van der Waals surface area contributed by atoms with Gasteiger partial charge in [-0.05, 0) is 29.4 Å². The molecule has 2 aromatic rings. The summed E-state index contributed by atoms with van der Waals surface area (Å²) in [6.45, 7) is 4.54. The third-order valence-corrected chi connectivity index (χ3v) is 4.68. The fraction of sp³-hybridized carbons (Fsp3) is 0.375. The Morgan fingerprint density at radius 1 is 1.40 bits per heavy atom. The van der Waals surface area contributed by atoms with Crippen LogP contribution in [0.4, 0.5) is 0 Å². The number of amides is 1. The minimum absolute atomic E-state index is 0.0780. The highest BCUT2D eigenvalue weighted by Crippen LogP contribution is 2.41. The Kier molecular flexibility index (Phi) is 3.34. The number of carbonyl (C=O) groups is 1. The van der Waals surface area contributed by atoms with E-state index in [9.17, 15) is 4.79 Å². The molecule has 0 unspecified atom stereocenters. The SMILES string of the molecule is CC1(C)CC[C@H](NC(=O)c2cscn2)c2ccccc21. The highest BCUT2D eigenvalue weighted by atomic mass is 32.1. The van der Waals surface area contributed by atoms with Gasteiger partial charge in [0.05, 0.1) is 11.6 Å². The van der Waals surface area contributed by atoms with E-state index in [1.807, 2.05) is 6.07 Å². The fourth-order valence-corrected chi connectivity index (χ4v) is 3.45. The van der Waals surface area contributed by atoms with Gasteiger partial charge in [-0.25, -0.2) is 4.98 Å². The monoisotopic (exact) mass is 286 g/mol. The molecule has 0 bridgehead atoms. The van der Waals surface area contributed by atoms with Gasteiger partial charge in [0.15, 0.2) is 0 Å². The maximum atomic E-state index is 12.2. The summed E-state index contributed by atoms with van der Waals surface area (Å²) >= 11 is 1.44. The zero-order valence-corrected chi connectivity index (χ0v) is 12.5. The van der Waals surface area contributed by atoms with E-state index in [2.05, 4.69) is 42.3 Å². The van der Waals surface area contributed by atoms with Gasteiger partial charge >= 0.3 is 0 Å².